The predicted octanol–water partition coefficient (Wildman–Crippen LogP) is 3.59. The number of aryl methyl sites for hydroxylation is 1. The summed E-state index contributed by atoms with van der Waals surface area (Å²) in [6, 6.07) is 7.12. The maximum absolute atomic E-state index is 12.7. The molecule has 0 radical (unpaired) electrons. The maximum atomic E-state index is 12.7. The molecule has 8 heteroatoms. The summed E-state index contributed by atoms with van der Waals surface area (Å²) in [4.78, 5) is 13.3. The molecule has 1 atom stereocenters. The molecule has 24 heavy (non-hydrogen) atoms. The van der Waals surface area contributed by atoms with Gasteiger partial charge in [-0.25, -0.2) is 0 Å². The van der Waals surface area contributed by atoms with Crippen molar-refractivity contribution in [3.63, 3.8) is 0 Å². The standard InChI is InChI=1S/C16H17F3N2O2S/c1-9-5-3-4-6-11(9)20-14(24)12-13(22)10(7-16(17,18)19)8-21(2)15(12)23/h3-6,10,22H,7-8H2,1-2H3,(H,20,24). The van der Waals surface area contributed by atoms with E-state index in [1.165, 1.54) is 7.05 Å². The van der Waals surface area contributed by atoms with E-state index >= 15 is 0 Å². The second-order valence-electron chi connectivity index (χ2n) is 5.73. The molecule has 130 valence electrons. The molecule has 0 aliphatic carbocycles. The average Bonchev–Trinajstić information content (AvgIpc) is 2.46. The topological polar surface area (TPSA) is 52.6 Å². The third-order valence-corrected chi connectivity index (χ3v) is 4.10. The number of carbonyl (C=O) groups excluding carboxylic acids is 1. The molecule has 0 fully saturated rings. The van der Waals surface area contributed by atoms with Crippen molar-refractivity contribution in [2.75, 3.05) is 18.9 Å². The first-order chi connectivity index (χ1) is 11.1. The number of alkyl halides is 3. The number of carbonyl (C=O) groups is 1. The van der Waals surface area contributed by atoms with E-state index in [2.05, 4.69) is 5.32 Å². The Kier molecular flexibility index (Phi) is 5.17. The fraction of sp³-hybridized carbons (Fsp3) is 0.375. The van der Waals surface area contributed by atoms with Gasteiger partial charge in [-0.15, -0.1) is 0 Å². The van der Waals surface area contributed by atoms with Crippen molar-refractivity contribution in [1.29, 1.82) is 0 Å². The van der Waals surface area contributed by atoms with Crippen molar-refractivity contribution in [3.8, 4) is 0 Å². The van der Waals surface area contributed by atoms with Crippen LogP contribution in [0.5, 0.6) is 0 Å². The van der Waals surface area contributed by atoms with Gasteiger partial charge in [0.25, 0.3) is 5.91 Å². The fourth-order valence-corrected chi connectivity index (χ4v) is 2.86. The molecule has 1 aromatic carbocycles. The van der Waals surface area contributed by atoms with Gasteiger partial charge in [-0.2, -0.15) is 13.2 Å². The lowest BCUT2D eigenvalue weighted by Gasteiger charge is -2.32. The normalized spacial score (nSPS) is 18.8. The van der Waals surface area contributed by atoms with Gasteiger partial charge in [0.1, 0.15) is 16.3 Å². The van der Waals surface area contributed by atoms with Crippen molar-refractivity contribution >= 4 is 28.8 Å². The molecule has 0 bridgehead atoms. The molecule has 1 amide bonds. The second kappa shape index (κ2) is 6.80. The summed E-state index contributed by atoms with van der Waals surface area (Å²) < 4.78 is 38.0. The number of nitrogens with one attached hydrogen (secondary N) is 1. The number of aliphatic hydroxyl groups is 1. The highest BCUT2D eigenvalue weighted by atomic mass is 32.1. The van der Waals surface area contributed by atoms with Crippen LogP contribution in [-0.4, -0.2) is 40.7 Å². The lowest BCUT2D eigenvalue weighted by atomic mass is 9.93. The van der Waals surface area contributed by atoms with Crippen LogP contribution in [-0.2, 0) is 4.79 Å². The van der Waals surface area contributed by atoms with Crippen LogP contribution in [0.4, 0.5) is 18.9 Å². The molecule has 1 aliphatic rings. The van der Waals surface area contributed by atoms with E-state index in [-0.39, 0.29) is 17.1 Å². The van der Waals surface area contributed by atoms with Gasteiger partial charge in [0.2, 0.25) is 0 Å². The van der Waals surface area contributed by atoms with Gasteiger partial charge in [0.05, 0.1) is 6.42 Å². The molecule has 1 heterocycles. The van der Waals surface area contributed by atoms with E-state index in [4.69, 9.17) is 12.2 Å². The molecule has 0 saturated carbocycles. The molecular weight excluding hydrogens is 341 g/mol. The number of nitrogens with zero attached hydrogens (tertiary/aromatic N) is 1. The van der Waals surface area contributed by atoms with E-state index in [0.717, 1.165) is 10.5 Å². The molecule has 4 nitrogen and oxygen atoms in total. The fourth-order valence-electron chi connectivity index (χ4n) is 2.56. The lowest BCUT2D eigenvalue weighted by molar-refractivity contribution is -0.149. The van der Waals surface area contributed by atoms with Crippen LogP contribution >= 0.6 is 12.2 Å². The van der Waals surface area contributed by atoms with Crippen LogP contribution in [0.15, 0.2) is 35.6 Å². The molecule has 2 rings (SSSR count). The zero-order chi connectivity index (χ0) is 18.1. The van der Waals surface area contributed by atoms with Crippen LogP contribution in [0.2, 0.25) is 0 Å². The lowest BCUT2D eigenvalue weighted by Crippen LogP contribution is -2.43. The minimum absolute atomic E-state index is 0.0921. The molecule has 1 aliphatic heterocycles. The van der Waals surface area contributed by atoms with Crippen molar-refractivity contribution in [2.24, 2.45) is 5.92 Å². The van der Waals surface area contributed by atoms with Crippen LogP contribution in [0, 0.1) is 12.8 Å². The Balaban J connectivity index is 2.33. The Morgan fingerprint density at radius 3 is 2.62 bits per heavy atom. The van der Waals surface area contributed by atoms with Crippen molar-refractivity contribution < 1.29 is 23.1 Å². The first-order valence-electron chi connectivity index (χ1n) is 7.22. The van der Waals surface area contributed by atoms with Gasteiger partial charge >= 0.3 is 6.18 Å². The Labute approximate surface area is 143 Å². The zero-order valence-electron chi connectivity index (χ0n) is 13.1. The summed E-state index contributed by atoms with van der Waals surface area (Å²) in [7, 11) is 1.38. The number of likely N-dealkylation sites (N-methyl/N-ethyl adjacent to an activating group) is 1. The minimum atomic E-state index is -4.45. The summed E-state index contributed by atoms with van der Waals surface area (Å²) in [6.45, 7) is 1.61. The Bertz CT molecular complexity index is 701. The number of benzene rings is 1. The van der Waals surface area contributed by atoms with Gasteiger partial charge in [0.15, 0.2) is 0 Å². The highest BCUT2D eigenvalue weighted by Crippen LogP contribution is 2.33. The molecule has 1 unspecified atom stereocenters. The highest BCUT2D eigenvalue weighted by molar-refractivity contribution is 7.81. The summed E-state index contributed by atoms with van der Waals surface area (Å²) in [6.07, 6.45) is -5.66. The monoisotopic (exact) mass is 358 g/mol. The van der Waals surface area contributed by atoms with Crippen LogP contribution in [0.1, 0.15) is 12.0 Å². The zero-order valence-corrected chi connectivity index (χ0v) is 14.0. The van der Waals surface area contributed by atoms with Crippen molar-refractivity contribution in [1.82, 2.24) is 4.90 Å². The Morgan fingerprint density at radius 1 is 1.42 bits per heavy atom. The largest absolute Gasteiger partial charge is 0.511 e. The van der Waals surface area contributed by atoms with Gasteiger partial charge in [0, 0.05) is 25.2 Å². The van der Waals surface area contributed by atoms with Crippen molar-refractivity contribution in [3.05, 3.63) is 41.2 Å². The summed E-state index contributed by atoms with van der Waals surface area (Å²) in [5, 5.41) is 13.0. The maximum Gasteiger partial charge on any atom is 0.389 e. The van der Waals surface area contributed by atoms with E-state index < -0.39 is 30.2 Å². The number of hydrogen-bond donors (Lipinski definition) is 2. The van der Waals surface area contributed by atoms with Crippen LogP contribution < -0.4 is 5.32 Å². The first kappa shape index (κ1) is 18.3. The minimum Gasteiger partial charge on any atom is -0.511 e. The highest BCUT2D eigenvalue weighted by Gasteiger charge is 2.40. The first-order valence-corrected chi connectivity index (χ1v) is 7.63. The number of anilines is 1. The quantitative estimate of drug-likeness (QED) is 0.811. The van der Waals surface area contributed by atoms with Crippen LogP contribution in [0.3, 0.4) is 0 Å². The SMILES string of the molecule is Cc1ccccc1NC(=S)C1=C(O)C(CC(F)(F)F)CN(C)C1=O. The van der Waals surface area contributed by atoms with Gasteiger partial charge in [-0.1, -0.05) is 30.4 Å². The summed E-state index contributed by atoms with van der Waals surface area (Å²) in [5.74, 6) is -2.43. The average molecular weight is 358 g/mol. The molecule has 0 saturated heterocycles. The van der Waals surface area contributed by atoms with E-state index in [9.17, 15) is 23.1 Å². The molecule has 2 N–H and O–H groups in total. The Morgan fingerprint density at radius 2 is 2.04 bits per heavy atom. The van der Waals surface area contributed by atoms with Gasteiger partial charge < -0.3 is 15.3 Å². The number of halogens is 3. The van der Waals surface area contributed by atoms with Gasteiger partial charge in [-0.3, -0.25) is 4.79 Å². The molecular formula is C16H17F3N2O2S. The number of amides is 1. The second-order valence-corrected chi connectivity index (χ2v) is 6.14. The van der Waals surface area contributed by atoms with Gasteiger partial charge in [-0.05, 0) is 18.6 Å². The summed E-state index contributed by atoms with van der Waals surface area (Å²) >= 11 is 5.16. The third kappa shape index (κ3) is 4.05. The Hall–Kier alpha value is -2.09. The smallest absolute Gasteiger partial charge is 0.389 e. The third-order valence-electron chi connectivity index (χ3n) is 3.80. The molecule has 0 spiro atoms. The number of para-hydroxylation sites is 1. The van der Waals surface area contributed by atoms with Crippen molar-refractivity contribution in [2.45, 2.75) is 19.5 Å². The van der Waals surface area contributed by atoms with E-state index in [1.54, 1.807) is 12.1 Å². The molecule has 0 aromatic heterocycles. The predicted molar refractivity (Wildman–Crippen MR) is 88.9 cm³/mol. The summed E-state index contributed by atoms with van der Waals surface area (Å²) in [5.41, 5.74) is 1.19. The number of aliphatic hydroxyl groups excluding tert-OH is 1. The number of thiocarbonyl (C=S) groups is 1. The van der Waals surface area contributed by atoms with E-state index in [0.29, 0.717) is 5.69 Å². The number of rotatable bonds is 3. The van der Waals surface area contributed by atoms with E-state index in [1.807, 2.05) is 19.1 Å². The molecule has 1 aromatic rings. The number of hydrogen-bond acceptors (Lipinski definition) is 3. The van der Waals surface area contributed by atoms with Crippen LogP contribution in [0.25, 0.3) is 0 Å².